The molecule has 0 spiro atoms. The van der Waals surface area contributed by atoms with Gasteiger partial charge in [-0.05, 0) is 101 Å². The maximum atomic E-state index is 12.2. The maximum Gasteiger partial charge on any atom is 0.250 e. The minimum atomic E-state index is -0.362. The molecule has 3 aromatic rings. The monoisotopic (exact) mass is 570 g/mol. The lowest BCUT2D eigenvalue weighted by molar-refractivity contribution is -0.115. The average molecular weight is 571 g/mol. The van der Waals surface area contributed by atoms with Crippen LogP contribution in [0.5, 0.6) is 0 Å². The summed E-state index contributed by atoms with van der Waals surface area (Å²) in [6.45, 7) is 2.07. The Balaban J connectivity index is 1.61. The fourth-order valence-electron chi connectivity index (χ4n) is 2.72. The lowest BCUT2D eigenvalue weighted by atomic mass is 10.1. The lowest BCUT2D eigenvalue weighted by Crippen LogP contribution is -2.33. The number of thiocarbonyl (C=S) groups is 1. The van der Waals surface area contributed by atoms with E-state index >= 15 is 0 Å². The SMILES string of the molecule is CCc1cc(I)ccc1NC(=S)NC(=O)/C=C/c1ccc(-c2ccc(Cl)cc2Cl)o1. The van der Waals surface area contributed by atoms with E-state index in [-0.39, 0.29) is 11.0 Å². The summed E-state index contributed by atoms with van der Waals surface area (Å²) in [5.74, 6) is 0.731. The summed E-state index contributed by atoms with van der Waals surface area (Å²) in [4.78, 5) is 12.2. The smallest absolute Gasteiger partial charge is 0.250 e. The number of carbonyl (C=O) groups is 1. The molecule has 0 atom stereocenters. The molecule has 0 aliphatic rings. The number of furan rings is 1. The Morgan fingerprint density at radius 1 is 1.17 bits per heavy atom. The van der Waals surface area contributed by atoms with Crippen molar-refractivity contribution in [1.82, 2.24) is 5.32 Å². The molecule has 0 aliphatic carbocycles. The molecule has 0 saturated heterocycles. The summed E-state index contributed by atoms with van der Waals surface area (Å²) in [7, 11) is 0. The van der Waals surface area contributed by atoms with Crippen LogP contribution in [-0.2, 0) is 11.2 Å². The number of carbonyl (C=O) groups excluding carboxylic acids is 1. The van der Waals surface area contributed by atoms with Crippen LogP contribution < -0.4 is 10.6 Å². The third-order valence-electron chi connectivity index (χ3n) is 4.16. The Morgan fingerprint density at radius 2 is 1.97 bits per heavy atom. The van der Waals surface area contributed by atoms with Gasteiger partial charge >= 0.3 is 0 Å². The van der Waals surface area contributed by atoms with Crippen LogP contribution in [0.4, 0.5) is 5.69 Å². The van der Waals surface area contributed by atoms with Crippen molar-refractivity contribution in [1.29, 1.82) is 0 Å². The van der Waals surface area contributed by atoms with Gasteiger partial charge in [0.25, 0.3) is 0 Å². The van der Waals surface area contributed by atoms with E-state index in [2.05, 4.69) is 46.2 Å². The molecule has 1 amide bonds. The summed E-state index contributed by atoms with van der Waals surface area (Å²) in [6, 6.07) is 14.7. The van der Waals surface area contributed by atoms with Crippen molar-refractivity contribution in [3.05, 3.63) is 79.5 Å². The minimum Gasteiger partial charge on any atom is -0.457 e. The van der Waals surface area contributed by atoms with E-state index in [0.29, 0.717) is 21.6 Å². The zero-order valence-corrected chi connectivity index (χ0v) is 20.3. The summed E-state index contributed by atoms with van der Waals surface area (Å²) < 4.78 is 6.88. The molecule has 30 heavy (non-hydrogen) atoms. The first-order valence-corrected chi connectivity index (χ1v) is 11.2. The normalized spacial score (nSPS) is 10.9. The third kappa shape index (κ3) is 6.07. The Bertz CT molecular complexity index is 1130. The Labute approximate surface area is 203 Å². The van der Waals surface area contributed by atoms with E-state index in [9.17, 15) is 4.79 Å². The van der Waals surface area contributed by atoms with Crippen molar-refractivity contribution in [3.63, 3.8) is 0 Å². The number of hydrogen-bond acceptors (Lipinski definition) is 3. The van der Waals surface area contributed by atoms with E-state index in [1.165, 1.54) is 6.08 Å². The van der Waals surface area contributed by atoms with Gasteiger partial charge in [0.2, 0.25) is 5.91 Å². The Morgan fingerprint density at radius 3 is 2.70 bits per heavy atom. The number of aryl methyl sites for hydroxylation is 1. The molecule has 0 bridgehead atoms. The predicted octanol–water partition coefficient (Wildman–Crippen LogP) is 6.95. The number of anilines is 1. The van der Waals surface area contributed by atoms with E-state index in [1.807, 2.05) is 12.1 Å². The molecule has 154 valence electrons. The largest absolute Gasteiger partial charge is 0.457 e. The Hall–Kier alpha value is -1.87. The van der Waals surface area contributed by atoms with E-state index in [0.717, 1.165) is 26.8 Å². The third-order valence-corrected chi connectivity index (χ3v) is 5.58. The molecule has 0 unspecified atom stereocenters. The number of hydrogen-bond donors (Lipinski definition) is 2. The Kier molecular flexibility index (Phi) is 7.93. The summed E-state index contributed by atoms with van der Waals surface area (Å²) in [6.07, 6.45) is 3.77. The van der Waals surface area contributed by atoms with Crippen molar-refractivity contribution < 1.29 is 9.21 Å². The van der Waals surface area contributed by atoms with Crippen LogP contribution in [0.3, 0.4) is 0 Å². The van der Waals surface area contributed by atoms with Gasteiger partial charge in [0.15, 0.2) is 5.11 Å². The van der Waals surface area contributed by atoms with E-state index in [4.69, 9.17) is 39.8 Å². The van der Waals surface area contributed by atoms with Crippen LogP contribution in [0.2, 0.25) is 10.0 Å². The van der Waals surface area contributed by atoms with Gasteiger partial charge in [0.1, 0.15) is 11.5 Å². The molecule has 4 nitrogen and oxygen atoms in total. The number of rotatable bonds is 5. The first kappa shape index (κ1) is 22.8. The van der Waals surface area contributed by atoms with Crippen LogP contribution in [0.1, 0.15) is 18.2 Å². The van der Waals surface area contributed by atoms with Gasteiger partial charge in [-0.1, -0.05) is 30.1 Å². The second kappa shape index (κ2) is 10.4. The van der Waals surface area contributed by atoms with Gasteiger partial charge in [-0.15, -0.1) is 0 Å². The number of halogens is 3. The molecule has 0 saturated carbocycles. The zero-order valence-electron chi connectivity index (χ0n) is 15.8. The molecule has 1 heterocycles. The molecule has 1 aromatic heterocycles. The molecule has 2 N–H and O–H groups in total. The first-order valence-electron chi connectivity index (χ1n) is 8.99. The predicted molar refractivity (Wildman–Crippen MR) is 136 cm³/mol. The van der Waals surface area contributed by atoms with Crippen molar-refractivity contribution in [2.75, 3.05) is 5.32 Å². The topological polar surface area (TPSA) is 54.3 Å². The highest BCUT2D eigenvalue weighted by Gasteiger charge is 2.09. The summed E-state index contributed by atoms with van der Waals surface area (Å²) in [5, 5.41) is 6.97. The second-order valence-electron chi connectivity index (χ2n) is 6.26. The van der Waals surface area contributed by atoms with Crippen LogP contribution >= 0.6 is 58.0 Å². The van der Waals surface area contributed by atoms with Crippen LogP contribution in [0, 0.1) is 3.57 Å². The van der Waals surface area contributed by atoms with Crippen molar-refractivity contribution >= 4 is 80.8 Å². The van der Waals surface area contributed by atoms with Gasteiger partial charge in [0, 0.05) is 25.9 Å². The molecule has 8 heteroatoms. The lowest BCUT2D eigenvalue weighted by Gasteiger charge is -2.12. The highest BCUT2D eigenvalue weighted by molar-refractivity contribution is 14.1. The fraction of sp³-hybridized carbons (Fsp3) is 0.0909. The molecule has 0 aliphatic heterocycles. The van der Waals surface area contributed by atoms with Crippen LogP contribution in [0.25, 0.3) is 17.4 Å². The standard InChI is InChI=1S/C22H17Cl2IN2O2S/c1-2-13-11-15(25)4-8-19(13)26-22(30)27-21(28)10-6-16-5-9-20(29-16)17-7-3-14(23)12-18(17)24/h3-12H,2H2,1H3,(H2,26,27,28,30)/b10-6+. The first-order chi connectivity index (χ1) is 14.4. The van der Waals surface area contributed by atoms with Crippen LogP contribution in [-0.4, -0.2) is 11.0 Å². The summed E-state index contributed by atoms with van der Waals surface area (Å²) in [5.41, 5.74) is 2.72. The van der Waals surface area contributed by atoms with Crippen LogP contribution in [0.15, 0.2) is 59.0 Å². The van der Waals surface area contributed by atoms with Crippen molar-refractivity contribution in [3.8, 4) is 11.3 Å². The van der Waals surface area contributed by atoms with Gasteiger partial charge in [-0.3, -0.25) is 10.1 Å². The van der Waals surface area contributed by atoms with Crippen molar-refractivity contribution in [2.24, 2.45) is 0 Å². The zero-order chi connectivity index (χ0) is 21.7. The number of benzene rings is 2. The quantitative estimate of drug-likeness (QED) is 0.198. The molecular weight excluding hydrogens is 554 g/mol. The second-order valence-corrected chi connectivity index (χ2v) is 8.76. The molecule has 0 fully saturated rings. The van der Waals surface area contributed by atoms with Gasteiger partial charge < -0.3 is 9.73 Å². The molecular formula is C22H17Cl2IN2O2S. The number of nitrogens with one attached hydrogen (secondary N) is 2. The molecule has 2 aromatic carbocycles. The van der Waals surface area contributed by atoms with Gasteiger partial charge in [-0.2, -0.15) is 0 Å². The average Bonchev–Trinajstić information content (AvgIpc) is 3.16. The van der Waals surface area contributed by atoms with Crippen molar-refractivity contribution in [2.45, 2.75) is 13.3 Å². The fourth-order valence-corrected chi connectivity index (χ4v) is 3.99. The summed E-state index contributed by atoms with van der Waals surface area (Å²) >= 11 is 19.6. The minimum absolute atomic E-state index is 0.230. The maximum absolute atomic E-state index is 12.2. The molecule has 3 rings (SSSR count). The van der Waals surface area contributed by atoms with Gasteiger partial charge in [-0.25, -0.2) is 0 Å². The highest BCUT2D eigenvalue weighted by Crippen LogP contribution is 2.31. The van der Waals surface area contributed by atoms with Gasteiger partial charge in [0.05, 0.1) is 5.02 Å². The number of amides is 1. The highest BCUT2D eigenvalue weighted by atomic mass is 127. The molecule has 0 radical (unpaired) electrons. The van der Waals surface area contributed by atoms with E-state index < -0.39 is 0 Å². The van der Waals surface area contributed by atoms with E-state index in [1.54, 1.807) is 36.4 Å².